The van der Waals surface area contributed by atoms with Crippen molar-refractivity contribution in [2.75, 3.05) is 34.9 Å². The van der Waals surface area contributed by atoms with Gasteiger partial charge in [-0.15, -0.1) is 0 Å². The van der Waals surface area contributed by atoms with Gasteiger partial charge in [0.25, 0.3) is 10.0 Å². The summed E-state index contributed by atoms with van der Waals surface area (Å²) in [6.45, 7) is 11.7. The van der Waals surface area contributed by atoms with E-state index in [1.54, 1.807) is 18.2 Å². The molecule has 0 spiro atoms. The summed E-state index contributed by atoms with van der Waals surface area (Å²) in [6.07, 6.45) is 5.65. The third kappa shape index (κ3) is 4.71. The molecule has 9 heteroatoms. The summed E-state index contributed by atoms with van der Waals surface area (Å²) in [6, 6.07) is 6.74. The number of halogens is 1. The number of nitrogens with zero attached hydrogens (tertiary/aromatic N) is 5. The molecule has 2 aromatic rings. The fourth-order valence-corrected chi connectivity index (χ4v) is 4.74. The molecule has 29 heavy (non-hydrogen) atoms. The fourth-order valence-electron chi connectivity index (χ4n) is 3.37. The van der Waals surface area contributed by atoms with Crippen molar-refractivity contribution in [1.29, 1.82) is 0 Å². The van der Waals surface area contributed by atoms with E-state index in [2.05, 4.69) is 40.2 Å². The molecule has 2 heterocycles. The highest BCUT2D eigenvalue weighted by atomic mass is 35.5. The second kappa shape index (κ2) is 9.11. The molecule has 1 aliphatic rings. The van der Waals surface area contributed by atoms with Crippen LogP contribution in [0.25, 0.3) is 6.08 Å². The lowest BCUT2D eigenvalue weighted by Crippen LogP contribution is -2.52. The molecule has 1 aliphatic heterocycles. The normalized spacial score (nSPS) is 17.9. The first-order chi connectivity index (χ1) is 13.9. The first-order valence-electron chi connectivity index (χ1n) is 9.61. The predicted octanol–water partition coefficient (Wildman–Crippen LogP) is 3.39. The Kier molecular flexibility index (Phi) is 6.77. The molecule has 1 aromatic heterocycles. The van der Waals surface area contributed by atoms with Gasteiger partial charge >= 0.3 is 0 Å². The van der Waals surface area contributed by atoms with Gasteiger partial charge in [0.15, 0.2) is 0 Å². The monoisotopic (exact) mass is 435 g/mol. The second-order valence-electron chi connectivity index (χ2n) is 7.07. The maximum Gasteiger partial charge on any atom is 0.278 e. The average Bonchev–Trinajstić information content (AvgIpc) is 2.75. The highest BCUT2D eigenvalue weighted by Crippen LogP contribution is 2.26. The fraction of sp³-hybridized carbons (Fsp3) is 0.400. The van der Waals surface area contributed by atoms with Crippen LogP contribution in [-0.4, -0.2) is 55.5 Å². The summed E-state index contributed by atoms with van der Waals surface area (Å²) in [5.74, 6) is 0.578. The first-order valence-corrected chi connectivity index (χ1v) is 11.4. The van der Waals surface area contributed by atoms with E-state index >= 15 is 0 Å². The van der Waals surface area contributed by atoms with E-state index in [0.29, 0.717) is 15.8 Å². The quantitative estimate of drug-likeness (QED) is 0.621. The van der Waals surface area contributed by atoms with Gasteiger partial charge < -0.3 is 4.90 Å². The van der Waals surface area contributed by atoms with Crippen molar-refractivity contribution in [3.63, 3.8) is 0 Å². The second-order valence-corrected chi connectivity index (χ2v) is 9.39. The molecule has 3 rings (SSSR count). The van der Waals surface area contributed by atoms with Gasteiger partial charge in [0, 0.05) is 37.5 Å². The summed E-state index contributed by atoms with van der Waals surface area (Å²) >= 11 is 6.15. The SMILES string of the molecule is C=Cc1ccc(S(=O)(=O)N(Cl)c2cnc(N3CCN(CCC)[C@@H](C)C3)nc2)cc1. The molecule has 0 N–H and O–H groups in total. The largest absolute Gasteiger partial charge is 0.338 e. The summed E-state index contributed by atoms with van der Waals surface area (Å²) in [4.78, 5) is 13.4. The van der Waals surface area contributed by atoms with Gasteiger partial charge in [-0.2, -0.15) is 12.2 Å². The van der Waals surface area contributed by atoms with Crippen molar-refractivity contribution in [2.45, 2.75) is 31.2 Å². The van der Waals surface area contributed by atoms with Crippen LogP contribution in [0.4, 0.5) is 11.6 Å². The number of piperazine rings is 1. The third-order valence-electron chi connectivity index (χ3n) is 5.01. The minimum atomic E-state index is -3.91. The number of rotatable bonds is 7. The Morgan fingerprint density at radius 3 is 2.45 bits per heavy atom. The van der Waals surface area contributed by atoms with E-state index in [1.165, 1.54) is 24.5 Å². The zero-order valence-corrected chi connectivity index (χ0v) is 18.3. The summed E-state index contributed by atoms with van der Waals surface area (Å²) < 4.78 is 26.2. The highest BCUT2D eigenvalue weighted by Gasteiger charge is 2.26. The number of sulfonamides is 1. The summed E-state index contributed by atoms with van der Waals surface area (Å²) in [5.41, 5.74) is 1.02. The zero-order chi connectivity index (χ0) is 21.0. The van der Waals surface area contributed by atoms with Gasteiger partial charge in [-0.3, -0.25) is 4.90 Å². The lowest BCUT2D eigenvalue weighted by molar-refractivity contribution is 0.189. The Bertz CT molecular complexity index is 934. The molecule has 1 saturated heterocycles. The molecule has 0 unspecified atom stereocenters. The average molecular weight is 436 g/mol. The lowest BCUT2D eigenvalue weighted by atomic mass is 10.2. The van der Waals surface area contributed by atoms with Gasteiger partial charge in [0.2, 0.25) is 5.95 Å². The van der Waals surface area contributed by atoms with E-state index in [9.17, 15) is 8.42 Å². The molecule has 0 aliphatic carbocycles. The Morgan fingerprint density at radius 2 is 1.90 bits per heavy atom. The van der Waals surface area contributed by atoms with Crippen LogP contribution in [0, 0.1) is 0 Å². The minimum absolute atomic E-state index is 0.0862. The number of aromatic nitrogens is 2. The summed E-state index contributed by atoms with van der Waals surface area (Å²) in [7, 11) is -3.91. The van der Waals surface area contributed by atoms with Crippen molar-refractivity contribution in [1.82, 2.24) is 14.9 Å². The Morgan fingerprint density at radius 1 is 1.24 bits per heavy atom. The van der Waals surface area contributed by atoms with E-state index < -0.39 is 10.0 Å². The molecular weight excluding hydrogens is 410 g/mol. The van der Waals surface area contributed by atoms with E-state index in [4.69, 9.17) is 11.8 Å². The Balaban J connectivity index is 1.73. The first kappa shape index (κ1) is 21.5. The molecular formula is C20H26ClN5O2S. The third-order valence-corrected chi connectivity index (χ3v) is 7.25. The minimum Gasteiger partial charge on any atom is -0.338 e. The number of anilines is 2. The summed E-state index contributed by atoms with van der Waals surface area (Å²) in [5, 5.41) is 0. The van der Waals surface area contributed by atoms with Crippen molar-refractivity contribution < 1.29 is 8.42 Å². The van der Waals surface area contributed by atoms with E-state index in [1.807, 2.05) is 0 Å². The Labute approximate surface area is 177 Å². The van der Waals surface area contributed by atoms with Crippen LogP contribution < -0.4 is 8.72 Å². The van der Waals surface area contributed by atoms with Crippen LogP contribution in [0.5, 0.6) is 0 Å². The van der Waals surface area contributed by atoms with Gasteiger partial charge in [0.1, 0.15) is 5.69 Å². The lowest BCUT2D eigenvalue weighted by Gasteiger charge is -2.39. The number of hydrogen-bond donors (Lipinski definition) is 0. The smallest absolute Gasteiger partial charge is 0.278 e. The molecule has 1 aromatic carbocycles. The van der Waals surface area contributed by atoms with Crippen molar-refractivity contribution in [3.05, 3.63) is 48.8 Å². The number of hydrogen-bond acceptors (Lipinski definition) is 6. The van der Waals surface area contributed by atoms with Crippen LogP contribution in [-0.2, 0) is 10.0 Å². The predicted molar refractivity (Wildman–Crippen MR) is 118 cm³/mol. The molecule has 0 bridgehead atoms. The van der Waals surface area contributed by atoms with Crippen LogP contribution in [0.3, 0.4) is 0 Å². The molecule has 0 amide bonds. The molecule has 0 radical (unpaired) electrons. The molecule has 1 fully saturated rings. The van der Waals surface area contributed by atoms with Crippen LogP contribution in [0.15, 0.2) is 48.1 Å². The standard InChI is InChI=1S/C20H26ClN5O2S/c1-4-10-24-11-12-25(15-16(24)3)20-22-13-18(14-23-20)26(21)29(27,28)19-8-6-17(5-2)7-9-19/h5-9,13-14,16H,2,4,10-12,15H2,1,3H3/t16-/m0/s1. The van der Waals surface area contributed by atoms with Gasteiger partial charge in [-0.1, -0.05) is 31.7 Å². The Hall–Kier alpha value is -2.16. The van der Waals surface area contributed by atoms with Crippen LogP contribution >= 0.6 is 11.8 Å². The van der Waals surface area contributed by atoms with Crippen molar-refractivity contribution in [2.24, 2.45) is 0 Å². The van der Waals surface area contributed by atoms with E-state index in [-0.39, 0.29) is 10.6 Å². The van der Waals surface area contributed by atoms with Gasteiger partial charge in [-0.05, 0) is 37.6 Å². The van der Waals surface area contributed by atoms with Crippen LogP contribution in [0.1, 0.15) is 25.8 Å². The molecule has 7 nitrogen and oxygen atoms in total. The van der Waals surface area contributed by atoms with Gasteiger partial charge in [-0.25, -0.2) is 9.97 Å². The van der Waals surface area contributed by atoms with Crippen LogP contribution in [0.2, 0.25) is 0 Å². The van der Waals surface area contributed by atoms with Crippen molar-refractivity contribution in [3.8, 4) is 0 Å². The molecule has 0 saturated carbocycles. The maximum absolute atomic E-state index is 12.8. The zero-order valence-electron chi connectivity index (χ0n) is 16.7. The maximum atomic E-state index is 12.8. The van der Waals surface area contributed by atoms with E-state index in [0.717, 1.165) is 38.2 Å². The molecule has 1 atom stereocenters. The number of benzene rings is 1. The molecule has 156 valence electrons. The topological polar surface area (TPSA) is 69.6 Å². The van der Waals surface area contributed by atoms with Gasteiger partial charge in [0.05, 0.1) is 17.3 Å². The highest BCUT2D eigenvalue weighted by molar-refractivity contribution is 7.94. The van der Waals surface area contributed by atoms with Crippen molar-refractivity contribution >= 4 is 39.5 Å².